The molecule has 1 aliphatic rings. The number of halogens is 2. The molecule has 0 spiro atoms. The van der Waals surface area contributed by atoms with Crippen molar-refractivity contribution in [1.29, 1.82) is 0 Å². The number of piperidine rings is 1. The number of hydrogen-bond donors (Lipinski definition) is 2. The van der Waals surface area contributed by atoms with E-state index in [2.05, 4.69) is 0 Å². The first-order chi connectivity index (χ1) is 9.54. The van der Waals surface area contributed by atoms with Gasteiger partial charge in [-0.3, -0.25) is 0 Å². The number of hydrogen-bond acceptors (Lipinski definition) is 3. The zero-order valence-corrected chi connectivity index (χ0v) is 11.0. The minimum atomic E-state index is -1.36. The molecular formula is C14H17F2NO3. The molecule has 1 saturated heterocycles. The molecule has 1 unspecified atom stereocenters. The number of anilines is 1. The lowest BCUT2D eigenvalue weighted by molar-refractivity contribution is 0.0695. The minimum absolute atomic E-state index is 0.0440. The van der Waals surface area contributed by atoms with Crippen LogP contribution in [0.1, 0.15) is 36.0 Å². The molecule has 1 heterocycles. The normalized spacial score (nSPS) is 19.1. The summed E-state index contributed by atoms with van der Waals surface area (Å²) < 4.78 is 28.1. The van der Waals surface area contributed by atoms with Gasteiger partial charge in [0.1, 0.15) is 17.3 Å². The van der Waals surface area contributed by atoms with Crippen LogP contribution in [-0.2, 0) is 0 Å². The maximum Gasteiger partial charge on any atom is 0.335 e. The maximum absolute atomic E-state index is 14.1. The van der Waals surface area contributed by atoms with Crippen LogP contribution < -0.4 is 4.90 Å². The first kappa shape index (κ1) is 14.7. The number of carbonyl (C=O) groups is 1. The molecule has 1 aromatic rings. The highest BCUT2D eigenvalue weighted by Crippen LogP contribution is 2.31. The number of aliphatic hydroxyl groups is 1. The lowest BCUT2D eigenvalue weighted by atomic mass is 9.98. The minimum Gasteiger partial charge on any atom is -0.478 e. The van der Waals surface area contributed by atoms with Crippen molar-refractivity contribution >= 4 is 11.7 Å². The summed E-state index contributed by atoms with van der Waals surface area (Å²) in [5.74, 6) is -3.10. The molecular weight excluding hydrogens is 268 g/mol. The van der Waals surface area contributed by atoms with Crippen LogP contribution in [0.4, 0.5) is 14.5 Å². The van der Waals surface area contributed by atoms with Crippen molar-refractivity contribution in [2.45, 2.75) is 31.7 Å². The largest absolute Gasteiger partial charge is 0.478 e. The summed E-state index contributed by atoms with van der Waals surface area (Å²) in [6, 6.07) is 1.56. The molecule has 1 aromatic carbocycles. The highest BCUT2D eigenvalue weighted by Gasteiger charge is 2.27. The molecule has 6 heteroatoms. The lowest BCUT2D eigenvalue weighted by Crippen LogP contribution is -2.41. The predicted octanol–water partition coefficient (Wildman–Crippen LogP) is 2.40. The number of aliphatic hydroxyl groups excluding tert-OH is 1. The van der Waals surface area contributed by atoms with Crippen molar-refractivity contribution in [3.05, 3.63) is 29.3 Å². The van der Waals surface area contributed by atoms with Gasteiger partial charge in [0.15, 0.2) is 0 Å². The van der Waals surface area contributed by atoms with Gasteiger partial charge in [-0.2, -0.15) is 0 Å². The third kappa shape index (κ3) is 2.90. The average Bonchev–Trinajstić information content (AvgIpc) is 2.40. The molecule has 2 rings (SSSR count). The second kappa shape index (κ2) is 6.17. The predicted molar refractivity (Wildman–Crippen MR) is 70.0 cm³/mol. The monoisotopic (exact) mass is 285 g/mol. The van der Waals surface area contributed by atoms with E-state index in [-0.39, 0.29) is 18.3 Å². The number of benzene rings is 1. The summed E-state index contributed by atoms with van der Waals surface area (Å²) in [5.41, 5.74) is -0.590. The van der Waals surface area contributed by atoms with Gasteiger partial charge in [0, 0.05) is 19.2 Å². The van der Waals surface area contributed by atoms with Gasteiger partial charge in [-0.15, -0.1) is 0 Å². The summed E-state index contributed by atoms with van der Waals surface area (Å²) in [5, 5.41) is 17.8. The fourth-order valence-electron chi connectivity index (χ4n) is 2.71. The van der Waals surface area contributed by atoms with Gasteiger partial charge in [0.05, 0.1) is 5.56 Å². The van der Waals surface area contributed by atoms with Crippen molar-refractivity contribution < 1.29 is 23.8 Å². The fourth-order valence-corrected chi connectivity index (χ4v) is 2.71. The maximum atomic E-state index is 14.1. The topological polar surface area (TPSA) is 60.8 Å². The zero-order valence-electron chi connectivity index (χ0n) is 11.0. The van der Waals surface area contributed by atoms with Crippen LogP contribution >= 0.6 is 0 Å². The SMILES string of the molecule is O=C(O)c1cc(F)c(N2CCCCC2CCO)c(F)c1. The molecule has 1 fully saturated rings. The Morgan fingerprint density at radius 1 is 1.30 bits per heavy atom. The average molecular weight is 285 g/mol. The third-order valence-corrected chi connectivity index (χ3v) is 3.64. The highest BCUT2D eigenvalue weighted by atomic mass is 19.1. The molecule has 0 saturated carbocycles. The van der Waals surface area contributed by atoms with E-state index in [9.17, 15) is 13.6 Å². The zero-order chi connectivity index (χ0) is 14.7. The Morgan fingerprint density at radius 3 is 2.50 bits per heavy atom. The van der Waals surface area contributed by atoms with E-state index >= 15 is 0 Å². The van der Waals surface area contributed by atoms with E-state index in [1.165, 1.54) is 0 Å². The first-order valence-electron chi connectivity index (χ1n) is 6.64. The molecule has 110 valence electrons. The van der Waals surface area contributed by atoms with Crippen LogP contribution in [-0.4, -0.2) is 35.4 Å². The summed E-state index contributed by atoms with van der Waals surface area (Å²) in [4.78, 5) is 12.4. The Bertz CT molecular complexity index is 482. The molecule has 2 N–H and O–H groups in total. The Hall–Kier alpha value is -1.69. The van der Waals surface area contributed by atoms with Gasteiger partial charge in [0.25, 0.3) is 0 Å². The van der Waals surface area contributed by atoms with Crippen molar-refractivity contribution in [2.75, 3.05) is 18.1 Å². The second-order valence-corrected chi connectivity index (χ2v) is 4.95. The summed E-state index contributed by atoms with van der Waals surface area (Å²) in [6.45, 7) is 0.461. The quantitative estimate of drug-likeness (QED) is 0.892. The van der Waals surface area contributed by atoms with E-state index in [4.69, 9.17) is 10.2 Å². The van der Waals surface area contributed by atoms with E-state index in [1.807, 2.05) is 0 Å². The lowest BCUT2D eigenvalue weighted by Gasteiger charge is -2.37. The molecule has 1 aliphatic heterocycles. The van der Waals surface area contributed by atoms with Gasteiger partial charge in [-0.1, -0.05) is 0 Å². The van der Waals surface area contributed by atoms with Gasteiger partial charge >= 0.3 is 5.97 Å². The standard InChI is InChI=1S/C14H17F2NO3/c15-11-7-9(14(19)20)8-12(16)13(11)17-5-2-1-3-10(17)4-6-18/h7-8,10,18H,1-6H2,(H,19,20). The summed E-state index contributed by atoms with van der Waals surface area (Å²) in [6.07, 6.45) is 2.98. The third-order valence-electron chi connectivity index (χ3n) is 3.64. The van der Waals surface area contributed by atoms with Crippen LogP contribution in [0.3, 0.4) is 0 Å². The van der Waals surface area contributed by atoms with Crippen LogP contribution in [0, 0.1) is 11.6 Å². The Balaban J connectivity index is 2.37. The smallest absolute Gasteiger partial charge is 0.335 e. The molecule has 1 atom stereocenters. The molecule has 0 aromatic heterocycles. The van der Waals surface area contributed by atoms with Gasteiger partial charge < -0.3 is 15.1 Å². The molecule has 0 bridgehead atoms. The summed E-state index contributed by atoms with van der Waals surface area (Å²) in [7, 11) is 0. The number of rotatable bonds is 4. The van der Waals surface area contributed by atoms with Crippen molar-refractivity contribution in [3.63, 3.8) is 0 Å². The molecule has 0 radical (unpaired) electrons. The fraction of sp³-hybridized carbons (Fsp3) is 0.500. The second-order valence-electron chi connectivity index (χ2n) is 4.95. The van der Waals surface area contributed by atoms with Crippen molar-refractivity contribution in [1.82, 2.24) is 0 Å². The molecule has 4 nitrogen and oxygen atoms in total. The van der Waals surface area contributed by atoms with Crippen molar-refractivity contribution in [3.8, 4) is 0 Å². The van der Waals surface area contributed by atoms with Gasteiger partial charge in [-0.05, 0) is 37.8 Å². The van der Waals surface area contributed by atoms with Crippen LogP contribution in [0.5, 0.6) is 0 Å². The van der Waals surface area contributed by atoms with Crippen molar-refractivity contribution in [2.24, 2.45) is 0 Å². The highest BCUT2D eigenvalue weighted by molar-refractivity contribution is 5.88. The Morgan fingerprint density at radius 2 is 1.95 bits per heavy atom. The Labute approximate surface area is 115 Å². The van der Waals surface area contributed by atoms with Crippen LogP contribution in [0.2, 0.25) is 0 Å². The molecule has 20 heavy (non-hydrogen) atoms. The molecule has 0 aliphatic carbocycles. The summed E-state index contributed by atoms with van der Waals surface area (Å²) >= 11 is 0. The number of carboxylic acid groups (broad SMARTS) is 1. The van der Waals surface area contributed by atoms with Crippen LogP contribution in [0.25, 0.3) is 0 Å². The Kier molecular flexibility index (Phi) is 4.54. The molecule has 0 amide bonds. The number of aromatic carboxylic acids is 1. The number of carboxylic acids is 1. The van der Waals surface area contributed by atoms with Crippen LogP contribution in [0.15, 0.2) is 12.1 Å². The van der Waals surface area contributed by atoms with E-state index in [1.54, 1.807) is 4.90 Å². The van der Waals surface area contributed by atoms with Gasteiger partial charge in [0.2, 0.25) is 0 Å². The van der Waals surface area contributed by atoms with Gasteiger partial charge in [-0.25, -0.2) is 13.6 Å². The van der Waals surface area contributed by atoms with E-state index in [0.29, 0.717) is 13.0 Å². The van der Waals surface area contributed by atoms with E-state index < -0.39 is 23.2 Å². The first-order valence-corrected chi connectivity index (χ1v) is 6.64. The van der Waals surface area contributed by atoms with E-state index in [0.717, 1.165) is 31.4 Å². The number of nitrogens with zero attached hydrogens (tertiary/aromatic N) is 1.